The summed E-state index contributed by atoms with van der Waals surface area (Å²) in [5.41, 5.74) is 0. The molecule has 5 nitrogen and oxygen atoms in total. The van der Waals surface area contributed by atoms with Gasteiger partial charge in [0.05, 0.1) is 5.09 Å². The zero-order valence-corrected chi connectivity index (χ0v) is 6.72. The first-order valence-electron chi connectivity index (χ1n) is 0.548. The Morgan fingerprint density at radius 3 is 1.29 bits per heavy atom. The van der Waals surface area contributed by atoms with E-state index in [1.807, 2.05) is 0 Å². The summed E-state index contributed by atoms with van der Waals surface area (Å²) < 4.78 is 0. The van der Waals surface area contributed by atoms with Crippen molar-refractivity contribution in [3.8, 4) is 0 Å². The molecule has 0 aliphatic carbocycles. The van der Waals surface area contributed by atoms with E-state index in [9.17, 15) is 0 Å². The summed E-state index contributed by atoms with van der Waals surface area (Å²) in [5, 5.41) is 14.8. The monoisotopic (exact) mass is 171 g/mol. The first kappa shape index (κ1) is 24.6. The van der Waals surface area contributed by atoms with Gasteiger partial charge in [-0.1, -0.05) is 0 Å². The molecule has 1 radical (unpaired) electrons. The van der Waals surface area contributed by atoms with E-state index < -0.39 is 5.09 Å². The molecule has 0 aromatic rings. The maximum Gasteiger partial charge on any atom is 3.00 e. The average molecular weight is 171 g/mol. The van der Waals surface area contributed by atoms with Gasteiger partial charge in [-0.15, -0.1) is 0 Å². The second kappa shape index (κ2) is 15.8. The van der Waals surface area contributed by atoms with E-state index in [2.05, 4.69) is 0 Å². The van der Waals surface area contributed by atoms with Gasteiger partial charge >= 0.3 is 55.1 Å². The first-order valence-corrected chi connectivity index (χ1v) is 0.548. The number of hydrogen-bond donors (Lipinski definition) is 0. The molecule has 0 atom stereocenters. The molecule has 0 saturated heterocycles. The number of hydrogen-bond acceptors (Lipinski definition) is 4. The maximum atomic E-state index is 8.25. The van der Waals surface area contributed by atoms with Gasteiger partial charge in [0.2, 0.25) is 0 Å². The van der Waals surface area contributed by atoms with Crippen LogP contribution in [-0.4, -0.2) is 48.3 Å². The van der Waals surface area contributed by atoms with Crippen LogP contribution in [0.25, 0.3) is 0 Å². The predicted molar refractivity (Wildman–Crippen MR) is 18.1 cm³/mol. The van der Waals surface area contributed by atoms with E-state index in [-0.39, 0.29) is 60.6 Å². The van der Waals surface area contributed by atoms with Crippen LogP contribution < -0.4 is 0 Å². The summed E-state index contributed by atoms with van der Waals surface area (Å²) in [5.74, 6) is 0. The third-order valence-corrected chi connectivity index (χ3v) is 0. The van der Waals surface area contributed by atoms with Gasteiger partial charge in [0.1, 0.15) is 0 Å². The minimum atomic E-state index is -1.75. The summed E-state index contributed by atoms with van der Waals surface area (Å²) in [6, 6.07) is 0. The van der Waals surface area contributed by atoms with E-state index in [1.54, 1.807) is 0 Å². The quantitative estimate of drug-likeness (QED) is 0.270. The SMILES string of the molecule is O=[N+]([O-])[O-].[Ca+2].[Cr+3].[OH-]. The number of rotatable bonds is 0. The third-order valence-electron chi connectivity index (χ3n) is 0. The Labute approximate surface area is 80.2 Å². The molecule has 0 aliphatic heterocycles. The molecule has 0 spiro atoms. The topological polar surface area (TPSA) is 96.2 Å². The molecule has 0 saturated carbocycles. The fourth-order valence-electron chi connectivity index (χ4n) is 0. The van der Waals surface area contributed by atoms with Crippen molar-refractivity contribution in [2.45, 2.75) is 0 Å². The number of nitrogens with zero attached hydrogens (tertiary/aromatic N) is 1. The molecule has 0 rings (SSSR count). The van der Waals surface area contributed by atoms with Gasteiger partial charge in [-0.25, -0.2) is 0 Å². The van der Waals surface area contributed by atoms with Crippen molar-refractivity contribution < 1.29 is 27.9 Å². The van der Waals surface area contributed by atoms with Crippen molar-refractivity contribution >= 4 is 37.7 Å². The molecule has 7 heavy (non-hydrogen) atoms. The van der Waals surface area contributed by atoms with Crippen LogP contribution in [0.3, 0.4) is 0 Å². The average Bonchev–Trinajstić information content (AvgIpc) is 0.811. The third kappa shape index (κ3) is 188. The Bertz CT molecular complexity index is 34.7. The summed E-state index contributed by atoms with van der Waals surface area (Å²) in [4.78, 5) is 8.25. The largest absolute Gasteiger partial charge is 3.00 e. The van der Waals surface area contributed by atoms with Gasteiger partial charge in [0.15, 0.2) is 0 Å². The molecule has 1 N–H and O–H groups in total. The van der Waals surface area contributed by atoms with Crippen LogP contribution in [0.2, 0.25) is 0 Å². The summed E-state index contributed by atoms with van der Waals surface area (Å²) in [6.45, 7) is 0. The van der Waals surface area contributed by atoms with Crippen molar-refractivity contribution in [2.75, 3.05) is 0 Å². The van der Waals surface area contributed by atoms with Gasteiger partial charge < -0.3 is 20.8 Å². The molecule has 7 heteroatoms. The summed E-state index contributed by atoms with van der Waals surface area (Å²) >= 11 is 0. The Morgan fingerprint density at radius 2 is 1.29 bits per heavy atom. The van der Waals surface area contributed by atoms with Crippen LogP contribution in [-0.2, 0) is 17.4 Å². The first-order chi connectivity index (χ1) is 1.73. The zero-order valence-electron chi connectivity index (χ0n) is 3.23. The standard InChI is InChI=1S/Ca.Cr.NO3.H2O/c;;2-1(3)4;/h;;;1H2/q+2;+3;-1;/p-1. The molecule has 0 bridgehead atoms. The van der Waals surface area contributed by atoms with E-state index >= 15 is 0 Å². The van der Waals surface area contributed by atoms with Crippen molar-refractivity contribution in [3.05, 3.63) is 15.3 Å². The molecule has 0 heterocycles. The van der Waals surface area contributed by atoms with Crippen molar-refractivity contribution in [1.82, 2.24) is 0 Å². The van der Waals surface area contributed by atoms with E-state index in [0.717, 1.165) is 0 Å². The molecular formula is HCaCrNO4+3. The van der Waals surface area contributed by atoms with E-state index in [4.69, 9.17) is 15.3 Å². The van der Waals surface area contributed by atoms with Gasteiger partial charge in [0, 0.05) is 0 Å². The predicted octanol–water partition coefficient (Wildman–Crippen LogP) is -0.799. The summed E-state index contributed by atoms with van der Waals surface area (Å²) in [6.07, 6.45) is 0. The van der Waals surface area contributed by atoms with Gasteiger partial charge in [-0.05, 0) is 0 Å². The van der Waals surface area contributed by atoms with Crippen LogP contribution in [0.1, 0.15) is 0 Å². The molecular weight excluding hydrogens is 170 g/mol. The second-order valence-corrected chi connectivity index (χ2v) is 0.224. The van der Waals surface area contributed by atoms with Crippen molar-refractivity contribution in [1.29, 1.82) is 0 Å². The Balaban J connectivity index is -0.0000000150. The molecule has 0 unspecified atom stereocenters. The van der Waals surface area contributed by atoms with E-state index in [0.29, 0.717) is 0 Å². The molecule has 35 valence electrons. The molecule has 0 amide bonds. The summed E-state index contributed by atoms with van der Waals surface area (Å²) in [7, 11) is 0. The fraction of sp³-hybridized carbons (Fsp3) is 0. The van der Waals surface area contributed by atoms with Crippen molar-refractivity contribution in [2.24, 2.45) is 0 Å². The Morgan fingerprint density at radius 1 is 1.29 bits per heavy atom. The molecule has 0 aromatic carbocycles. The van der Waals surface area contributed by atoms with Gasteiger partial charge in [-0.2, -0.15) is 0 Å². The zero-order chi connectivity index (χ0) is 3.58. The van der Waals surface area contributed by atoms with Crippen molar-refractivity contribution in [3.63, 3.8) is 0 Å². The molecule has 0 fully saturated rings. The second-order valence-electron chi connectivity index (χ2n) is 0.224. The van der Waals surface area contributed by atoms with Crippen LogP contribution >= 0.6 is 0 Å². The minimum absolute atomic E-state index is 0. The van der Waals surface area contributed by atoms with Gasteiger partial charge in [-0.3, -0.25) is 0 Å². The minimum Gasteiger partial charge on any atom is -0.870 e. The maximum absolute atomic E-state index is 8.25. The van der Waals surface area contributed by atoms with E-state index in [1.165, 1.54) is 0 Å². The van der Waals surface area contributed by atoms with Crippen LogP contribution in [0.4, 0.5) is 0 Å². The molecule has 0 aliphatic rings. The van der Waals surface area contributed by atoms with Crippen LogP contribution in [0, 0.1) is 15.3 Å². The van der Waals surface area contributed by atoms with Crippen LogP contribution in [0.15, 0.2) is 0 Å². The Hall–Kier alpha value is 0.952. The Kier molecular flexibility index (Phi) is 55.4. The van der Waals surface area contributed by atoms with Crippen LogP contribution in [0.5, 0.6) is 0 Å². The fourth-order valence-corrected chi connectivity index (χ4v) is 0. The molecule has 0 aromatic heterocycles. The normalized spacial score (nSPS) is 3.43. The smallest absolute Gasteiger partial charge is 0.870 e. The van der Waals surface area contributed by atoms with Gasteiger partial charge in [0.25, 0.3) is 0 Å².